The fraction of sp³-hybridized carbons (Fsp3) is 0.800. The molecule has 0 aromatic carbocycles. The second kappa shape index (κ2) is 7.96. The summed E-state index contributed by atoms with van der Waals surface area (Å²) in [5, 5.41) is 4.53. The second-order valence-corrected chi connectivity index (χ2v) is 6.76. The van der Waals surface area contributed by atoms with Crippen LogP contribution in [0.4, 0.5) is 5.13 Å². The first kappa shape index (κ1) is 17.4. The number of rotatable bonds is 9. The number of methoxy groups -OCH3 is 1. The molecule has 0 unspecified atom stereocenters. The van der Waals surface area contributed by atoms with Gasteiger partial charge >= 0.3 is 0 Å². The first-order valence-corrected chi connectivity index (χ1v) is 8.20. The van der Waals surface area contributed by atoms with Gasteiger partial charge in [0.1, 0.15) is 0 Å². The maximum Gasteiger partial charge on any atom is 0.186 e. The average molecular weight is 299 g/mol. The lowest BCUT2D eigenvalue weighted by Crippen LogP contribution is -2.40. The van der Waals surface area contributed by atoms with Crippen LogP contribution in [-0.4, -0.2) is 31.2 Å². The fourth-order valence-electron chi connectivity index (χ4n) is 1.78. The first-order valence-electron chi connectivity index (χ1n) is 7.38. The molecular formula is C15H29N3OS. The van der Waals surface area contributed by atoms with E-state index in [2.05, 4.69) is 45.0 Å². The molecule has 1 aromatic rings. The van der Waals surface area contributed by atoms with Gasteiger partial charge in [-0.3, -0.25) is 0 Å². The van der Waals surface area contributed by atoms with Gasteiger partial charge in [0.2, 0.25) is 0 Å². The SMILES string of the molecule is CCCNCc1sc(N(C)C(C)(C)CC)nc1COC. The number of thiazole rings is 1. The Balaban J connectivity index is 2.90. The molecule has 0 aliphatic heterocycles. The van der Waals surface area contributed by atoms with Crippen LogP contribution >= 0.6 is 11.3 Å². The summed E-state index contributed by atoms with van der Waals surface area (Å²) in [7, 11) is 3.85. The molecule has 116 valence electrons. The number of hydrogen-bond acceptors (Lipinski definition) is 5. The predicted molar refractivity (Wildman–Crippen MR) is 87.6 cm³/mol. The monoisotopic (exact) mass is 299 g/mol. The van der Waals surface area contributed by atoms with Gasteiger partial charge in [0.25, 0.3) is 0 Å². The van der Waals surface area contributed by atoms with Crippen molar-refractivity contribution in [3.05, 3.63) is 10.6 Å². The molecule has 0 aliphatic carbocycles. The molecule has 0 bridgehead atoms. The lowest BCUT2D eigenvalue weighted by molar-refractivity contribution is 0.181. The molecule has 1 heterocycles. The molecule has 0 aliphatic rings. The Labute approximate surface area is 127 Å². The smallest absolute Gasteiger partial charge is 0.186 e. The van der Waals surface area contributed by atoms with Crippen molar-refractivity contribution in [3.63, 3.8) is 0 Å². The minimum atomic E-state index is 0.121. The normalized spacial score (nSPS) is 11.9. The fourth-order valence-corrected chi connectivity index (χ4v) is 2.93. The van der Waals surface area contributed by atoms with Crippen LogP contribution in [0.2, 0.25) is 0 Å². The largest absolute Gasteiger partial charge is 0.378 e. The van der Waals surface area contributed by atoms with Crippen molar-refractivity contribution in [3.8, 4) is 0 Å². The third-order valence-corrected chi connectivity index (χ3v) is 4.99. The molecule has 20 heavy (non-hydrogen) atoms. The lowest BCUT2D eigenvalue weighted by atomic mass is 10.0. The summed E-state index contributed by atoms with van der Waals surface area (Å²) in [5.41, 5.74) is 1.19. The van der Waals surface area contributed by atoms with E-state index >= 15 is 0 Å². The second-order valence-electron chi connectivity index (χ2n) is 5.70. The maximum absolute atomic E-state index is 5.28. The minimum Gasteiger partial charge on any atom is -0.378 e. The highest BCUT2D eigenvalue weighted by molar-refractivity contribution is 7.15. The zero-order chi connectivity index (χ0) is 15.2. The summed E-state index contributed by atoms with van der Waals surface area (Å²) in [6, 6.07) is 0. The number of hydrogen-bond donors (Lipinski definition) is 1. The van der Waals surface area contributed by atoms with Crippen molar-refractivity contribution in [2.75, 3.05) is 25.6 Å². The van der Waals surface area contributed by atoms with E-state index in [4.69, 9.17) is 9.72 Å². The van der Waals surface area contributed by atoms with Crippen LogP contribution in [-0.2, 0) is 17.9 Å². The lowest BCUT2D eigenvalue weighted by Gasteiger charge is -2.34. The third kappa shape index (κ3) is 4.43. The first-order chi connectivity index (χ1) is 9.46. The van der Waals surface area contributed by atoms with Crippen molar-refractivity contribution < 1.29 is 4.74 Å². The molecule has 1 rings (SSSR count). The highest BCUT2D eigenvalue weighted by Gasteiger charge is 2.25. The van der Waals surface area contributed by atoms with Gasteiger partial charge in [-0.15, -0.1) is 11.3 Å². The van der Waals surface area contributed by atoms with Gasteiger partial charge in [0, 0.05) is 31.1 Å². The predicted octanol–water partition coefficient (Wildman–Crippen LogP) is 3.41. The van der Waals surface area contributed by atoms with E-state index in [1.54, 1.807) is 18.4 Å². The quantitative estimate of drug-likeness (QED) is 0.709. The Morgan fingerprint density at radius 1 is 1.35 bits per heavy atom. The van der Waals surface area contributed by atoms with Crippen molar-refractivity contribution in [2.45, 2.75) is 59.2 Å². The number of aromatic nitrogens is 1. The highest BCUT2D eigenvalue weighted by atomic mass is 32.1. The summed E-state index contributed by atoms with van der Waals surface area (Å²) < 4.78 is 5.28. The Morgan fingerprint density at radius 2 is 2.05 bits per heavy atom. The van der Waals surface area contributed by atoms with Gasteiger partial charge in [-0.2, -0.15) is 0 Å². The van der Waals surface area contributed by atoms with Crippen LogP contribution in [0.5, 0.6) is 0 Å². The Morgan fingerprint density at radius 3 is 2.60 bits per heavy atom. The summed E-state index contributed by atoms with van der Waals surface area (Å²) in [6.07, 6.45) is 2.24. The van der Waals surface area contributed by atoms with Crippen molar-refractivity contribution in [2.24, 2.45) is 0 Å². The molecule has 1 aromatic heterocycles. The Hall–Kier alpha value is -0.650. The zero-order valence-electron chi connectivity index (χ0n) is 13.7. The number of nitrogens with zero attached hydrogens (tertiary/aromatic N) is 2. The van der Waals surface area contributed by atoms with E-state index in [0.29, 0.717) is 6.61 Å². The molecule has 0 fully saturated rings. The van der Waals surface area contributed by atoms with Gasteiger partial charge in [0.05, 0.1) is 12.3 Å². The average Bonchev–Trinajstić information content (AvgIpc) is 2.82. The summed E-state index contributed by atoms with van der Waals surface area (Å²) in [4.78, 5) is 8.34. The zero-order valence-corrected chi connectivity index (χ0v) is 14.6. The van der Waals surface area contributed by atoms with Gasteiger partial charge in [0.15, 0.2) is 5.13 Å². The molecule has 1 N–H and O–H groups in total. The minimum absolute atomic E-state index is 0.121. The molecule has 4 nitrogen and oxygen atoms in total. The molecule has 5 heteroatoms. The third-order valence-electron chi connectivity index (χ3n) is 3.82. The topological polar surface area (TPSA) is 37.4 Å². The van der Waals surface area contributed by atoms with Crippen LogP contribution in [0.15, 0.2) is 0 Å². The standard InChI is InChI=1S/C15H29N3OS/c1-7-9-16-10-13-12(11-19-6)17-14(20-13)18(5)15(3,4)8-2/h16H,7-11H2,1-6H3. The maximum atomic E-state index is 5.28. The Bertz CT molecular complexity index is 404. The van der Waals surface area contributed by atoms with Gasteiger partial charge in [-0.25, -0.2) is 4.98 Å². The molecule has 0 amide bonds. The van der Waals surface area contributed by atoms with E-state index < -0.39 is 0 Å². The van der Waals surface area contributed by atoms with Crippen molar-refractivity contribution >= 4 is 16.5 Å². The molecule has 0 atom stereocenters. The van der Waals surface area contributed by atoms with E-state index in [0.717, 1.165) is 36.8 Å². The van der Waals surface area contributed by atoms with Gasteiger partial charge in [-0.1, -0.05) is 13.8 Å². The van der Waals surface area contributed by atoms with Crippen molar-refractivity contribution in [1.82, 2.24) is 10.3 Å². The summed E-state index contributed by atoms with van der Waals surface area (Å²) >= 11 is 1.77. The van der Waals surface area contributed by atoms with Gasteiger partial charge < -0.3 is 15.0 Å². The molecule has 0 spiro atoms. The van der Waals surface area contributed by atoms with Gasteiger partial charge in [-0.05, 0) is 33.2 Å². The van der Waals surface area contributed by atoms with Crippen molar-refractivity contribution in [1.29, 1.82) is 0 Å². The molecule has 0 saturated heterocycles. The van der Waals surface area contributed by atoms with E-state index in [1.165, 1.54) is 4.88 Å². The number of nitrogens with one attached hydrogen (secondary N) is 1. The van der Waals surface area contributed by atoms with Crippen LogP contribution < -0.4 is 10.2 Å². The molecule has 0 saturated carbocycles. The van der Waals surface area contributed by atoms with Crippen LogP contribution in [0, 0.1) is 0 Å². The van der Waals surface area contributed by atoms with Crippen LogP contribution in [0.3, 0.4) is 0 Å². The van der Waals surface area contributed by atoms with Crippen LogP contribution in [0.1, 0.15) is 51.1 Å². The van der Waals surface area contributed by atoms with E-state index in [9.17, 15) is 0 Å². The number of ether oxygens (including phenoxy) is 1. The molecule has 0 radical (unpaired) electrons. The highest BCUT2D eigenvalue weighted by Crippen LogP contribution is 2.31. The Kier molecular flexibility index (Phi) is 6.92. The molecular weight excluding hydrogens is 270 g/mol. The number of anilines is 1. The summed E-state index contributed by atoms with van der Waals surface area (Å²) in [6.45, 7) is 11.4. The van der Waals surface area contributed by atoms with E-state index in [1.807, 2.05) is 0 Å². The summed E-state index contributed by atoms with van der Waals surface area (Å²) in [5.74, 6) is 0. The van der Waals surface area contributed by atoms with Crippen LogP contribution in [0.25, 0.3) is 0 Å². The van der Waals surface area contributed by atoms with E-state index in [-0.39, 0.29) is 5.54 Å².